The third kappa shape index (κ3) is 7.38. The second kappa shape index (κ2) is 12.9. The fourth-order valence-corrected chi connectivity index (χ4v) is 3.19. The zero-order valence-electron chi connectivity index (χ0n) is 18.7. The number of ether oxygens (including phenoxy) is 4. The summed E-state index contributed by atoms with van der Waals surface area (Å²) in [5.74, 6) is 2.34. The highest BCUT2D eigenvalue weighted by Crippen LogP contribution is 2.30. The van der Waals surface area contributed by atoms with Crippen molar-refractivity contribution in [2.24, 2.45) is 0 Å². The summed E-state index contributed by atoms with van der Waals surface area (Å²) >= 11 is 0. The number of methoxy groups -OCH3 is 1. The van der Waals surface area contributed by atoms with E-state index in [1.54, 1.807) is 43.5 Å². The lowest BCUT2D eigenvalue weighted by atomic mass is 10.2. The van der Waals surface area contributed by atoms with Crippen LogP contribution in [0.4, 0.5) is 0 Å². The van der Waals surface area contributed by atoms with E-state index in [2.05, 4.69) is 0 Å². The van der Waals surface area contributed by atoms with E-state index in [4.69, 9.17) is 18.9 Å². The highest BCUT2D eigenvalue weighted by Gasteiger charge is 2.08. The molecule has 0 unspecified atom stereocenters. The van der Waals surface area contributed by atoms with Gasteiger partial charge in [0.1, 0.15) is 19.2 Å². The molecule has 0 aliphatic carbocycles. The van der Waals surface area contributed by atoms with Crippen molar-refractivity contribution >= 4 is 12.6 Å². The number of hydrogen-bond donors (Lipinski definition) is 0. The standard InChI is InChI=1S/C27H28O6/c1-30-26-16-22(18-28)10-12-24(26)31-14-6-3-7-15-32-25-13-11-23(19-29)17-27(25)33-20-21-8-4-2-5-9-21/h2,4-5,8-13,16-19H,3,6-7,14-15,20H2,1H3. The van der Waals surface area contributed by atoms with Crippen molar-refractivity contribution in [3.05, 3.63) is 83.4 Å². The Morgan fingerprint density at radius 2 is 1.21 bits per heavy atom. The fourth-order valence-electron chi connectivity index (χ4n) is 3.19. The minimum Gasteiger partial charge on any atom is -0.493 e. The van der Waals surface area contributed by atoms with E-state index in [0.717, 1.165) is 37.4 Å². The smallest absolute Gasteiger partial charge is 0.162 e. The molecule has 0 fully saturated rings. The molecule has 0 amide bonds. The lowest BCUT2D eigenvalue weighted by Gasteiger charge is -2.14. The van der Waals surface area contributed by atoms with E-state index >= 15 is 0 Å². The topological polar surface area (TPSA) is 71.1 Å². The van der Waals surface area contributed by atoms with Gasteiger partial charge >= 0.3 is 0 Å². The van der Waals surface area contributed by atoms with Gasteiger partial charge in [-0.15, -0.1) is 0 Å². The zero-order valence-corrected chi connectivity index (χ0v) is 18.7. The van der Waals surface area contributed by atoms with Crippen molar-refractivity contribution in [3.8, 4) is 23.0 Å². The highest BCUT2D eigenvalue weighted by atomic mass is 16.5. The largest absolute Gasteiger partial charge is 0.493 e. The van der Waals surface area contributed by atoms with E-state index in [9.17, 15) is 9.59 Å². The van der Waals surface area contributed by atoms with Gasteiger partial charge in [-0.05, 0) is 61.2 Å². The van der Waals surface area contributed by atoms with Crippen LogP contribution in [0.3, 0.4) is 0 Å². The number of benzene rings is 3. The molecule has 0 N–H and O–H groups in total. The average molecular weight is 449 g/mol. The summed E-state index contributed by atoms with van der Waals surface area (Å²) in [7, 11) is 1.55. The van der Waals surface area contributed by atoms with Crippen molar-refractivity contribution in [1.29, 1.82) is 0 Å². The van der Waals surface area contributed by atoms with Crippen LogP contribution >= 0.6 is 0 Å². The van der Waals surface area contributed by atoms with Crippen LogP contribution in [0.25, 0.3) is 0 Å². The Kier molecular flexibility index (Phi) is 9.33. The Morgan fingerprint density at radius 1 is 0.636 bits per heavy atom. The molecule has 0 spiro atoms. The van der Waals surface area contributed by atoms with Gasteiger partial charge in [0.25, 0.3) is 0 Å². The minimum absolute atomic E-state index is 0.397. The summed E-state index contributed by atoms with van der Waals surface area (Å²) in [5.41, 5.74) is 2.13. The summed E-state index contributed by atoms with van der Waals surface area (Å²) in [6.45, 7) is 1.46. The van der Waals surface area contributed by atoms with Crippen LogP contribution in [0.5, 0.6) is 23.0 Å². The Balaban J connectivity index is 1.43. The van der Waals surface area contributed by atoms with Crippen molar-refractivity contribution in [2.75, 3.05) is 20.3 Å². The Hall–Kier alpha value is -3.80. The van der Waals surface area contributed by atoms with Crippen LogP contribution in [0.15, 0.2) is 66.7 Å². The van der Waals surface area contributed by atoms with Crippen molar-refractivity contribution in [2.45, 2.75) is 25.9 Å². The van der Waals surface area contributed by atoms with Gasteiger partial charge in [0, 0.05) is 11.1 Å². The Labute approximate surface area is 194 Å². The van der Waals surface area contributed by atoms with Gasteiger partial charge in [0.2, 0.25) is 0 Å². The Morgan fingerprint density at radius 3 is 1.79 bits per heavy atom. The maximum absolute atomic E-state index is 11.1. The van der Waals surface area contributed by atoms with Crippen LogP contribution in [0.1, 0.15) is 45.5 Å². The SMILES string of the molecule is COc1cc(C=O)ccc1OCCCCCOc1ccc(C=O)cc1OCc1ccccc1. The van der Waals surface area contributed by atoms with Gasteiger partial charge in [0.05, 0.1) is 20.3 Å². The summed E-state index contributed by atoms with van der Waals surface area (Å²) in [6, 6.07) is 20.1. The van der Waals surface area contributed by atoms with Crippen molar-refractivity contribution < 1.29 is 28.5 Å². The first-order valence-electron chi connectivity index (χ1n) is 10.9. The molecular weight excluding hydrogens is 420 g/mol. The van der Waals surface area contributed by atoms with Gasteiger partial charge in [-0.3, -0.25) is 9.59 Å². The van der Waals surface area contributed by atoms with Crippen LogP contribution in [-0.2, 0) is 6.61 Å². The summed E-state index contributed by atoms with van der Waals surface area (Å²) in [4.78, 5) is 22.0. The van der Waals surface area contributed by atoms with E-state index < -0.39 is 0 Å². The molecule has 172 valence electrons. The average Bonchev–Trinajstić information content (AvgIpc) is 2.87. The van der Waals surface area contributed by atoms with Crippen molar-refractivity contribution in [1.82, 2.24) is 0 Å². The van der Waals surface area contributed by atoms with E-state index in [-0.39, 0.29) is 0 Å². The first-order valence-corrected chi connectivity index (χ1v) is 10.9. The third-order valence-electron chi connectivity index (χ3n) is 4.97. The van der Waals surface area contributed by atoms with Crippen LogP contribution in [0.2, 0.25) is 0 Å². The maximum Gasteiger partial charge on any atom is 0.162 e. The molecular formula is C27H28O6. The molecule has 0 atom stereocenters. The van der Waals surface area contributed by atoms with Crippen LogP contribution < -0.4 is 18.9 Å². The molecule has 6 heteroatoms. The Bertz CT molecular complexity index is 1030. The van der Waals surface area contributed by atoms with E-state index in [0.29, 0.717) is 53.9 Å². The van der Waals surface area contributed by atoms with Crippen molar-refractivity contribution in [3.63, 3.8) is 0 Å². The zero-order chi connectivity index (χ0) is 23.3. The maximum atomic E-state index is 11.1. The van der Waals surface area contributed by atoms with Gasteiger partial charge < -0.3 is 18.9 Å². The number of unbranched alkanes of at least 4 members (excludes halogenated alkanes) is 2. The predicted molar refractivity (Wildman–Crippen MR) is 126 cm³/mol. The normalized spacial score (nSPS) is 10.3. The second-order valence-electron chi connectivity index (χ2n) is 7.38. The predicted octanol–water partition coefficient (Wildman–Crippen LogP) is 5.53. The monoisotopic (exact) mass is 448 g/mol. The second-order valence-corrected chi connectivity index (χ2v) is 7.38. The van der Waals surface area contributed by atoms with Crippen LogP contribution in [0, 0.1) is 0 Å². The number of carbonyl (C=O) groups is 2. The van der Waals surface area contributed by atoms with Gasteiger partial charge in [-0.2, -0.15) is 0 Å². The number of aldehydes is 2. The molecule has 0 aromatic heterocycles. The number of hydrogen-bond acceptors (Lipinski definition) is 6. The van der Waals surface area contributed by atoms with Gasteiger partial charge in [-0.25, -0.2) is 0 Å². The molecule has 33 heavy (non-hydrogen) atoms. The van der Waals surface area contributed by atoms with Gasteiger partial charge in [-0.1, -0.05) is 30.3 Å². The summed E-state index contributed by atoms with van der Waals surface area (Å²) < 4.78 is 22.9. The lowest BCUT2D eigenvalue weighted by molar-refractivity contribution is 0.111. The quantitative estimate of drug-likeness (QED) is 0.239. The molecule has 0 saturated heterocycles. The first-order chi connectivity index (χ1) is 16.2. The van der Waals surface area contributed by atoms with E-state index in [1.165, 1.54) is 0 Å². The van der Waals surface area contributed by atoms with Crippen LogP contribution in [-0.4, -0.2) is 32.9 Å². The van der Waals surface area contributed by atoms with E-state index in [1.807, 2.05) is 30.3 Å². The lowest BCUT2D eigenvalue weighted by Crippen LogP contribution is -2.04. The molecule has 0 radical (unpaired) electrons. The molecule has 0 heterocycles. The summed E-state index contributed by atoms with van der Waals surface area (Å²) in [6.07, 6.45) is 4.18. The molecule has 3 aromatic rings. The molecule has 0 aliphatic heterocycles. The first kappa shape index (κ1) is 23.9. The molecule has 3 rings (SSSR count). The molecule has 6 nitrogen and oxygen atoms in total. The molecule has 3 aromatic carbocycles. The molecule has 0 saturated carbocycles. The molecule has 0 bridgehead atoms. The minimum atomic E-state index is 0.397. The summed E-state index contributed by atoms with van der Waals surface area (Å²) in [5, 5.41) is 0. The highest BCUT2D eigenvalue weighted by molar-refractivity contribution is 5.77. The fraction of sp³-hybridized carbons (Fsp3) is 0.259. The molecule has 0 aliphatic rings. The number of rotatable bonds is 14. The third-order valence-corrected chi connectivity index (χ3v) is 4.97. The van der Waals surface area contributed by atoms with Gasteiger partial charge in [0.15, 0.2) is 23.0 Å². The number of carbonyl (C=O) groups excluding carboxylic acids is 2.